The summed E-state index contributed by atoms with van der Waals surface area (Å²) < 4.78 is 19.1. The summed E-state index contributed by atoms with van der Waals surface area (Å²) >= 11 is 1.61. The summed E-state index contributed by atoms with van der Waals surface area (Å²) in [4.78, 5) is 5.27. The highest BCUT2D eigenvalue weighted by Gasteiger charge is 2.14. The van der Waals surface area contributed by atoms with Gasteiger partial charge in [0.15, 0.2) is 5.96 Å². The summed E-state index contributed by atoms with van der Waals surface area (Å²) in [7, 11) is 1.73. The van der Waals surface area contributed by atoms with E-state index < -0.39 is 0 Å². The van der Waals surface area contributed by atoms with E-state index in [1.165, 1.54) is 12.5 Å². The number of hydrogen-bond acceptors (Lipinski definition) is 3. The molecule has 2 N–H and O–H groups in total. The smallest absolute Gasteiger partial charge is 0.191 e. The van der Waals surface area contributed by atoms with E-state index in [4.69, 9.17) is 4.74 Å². The van der Waals surface area contributed by atoms with E-state index in [1.807, 2.05) is 12.3 Å². The van der Waals surface area contributed by atoms with Crippen molar-refractivity contribution in [2.24, 2.45) is 4.99 Å². The van der Waals surface area contributed by atoms with E-state index in [9.17, 15) is 4.39 Å². The molecule has 23 heavy (non-hydrogen) atoms. The third-order valence-corrected chi connectivity index (χ3v) is 4.52. The van der Waals surface area contributed by atoms with Crippen LogP contribution >= 0.6 is 35.7 Å². The summed E-state index contributed by atoms with van der Waals surface area (Å²) in [5.41, 5.74) is 0.935. The quantitative estimate of drug-likeness (QED) is 0.311. The van der Waals surface area contributed by atoms with Gasteiger partial charge in [-0.2, -0.15) is 0 Å². The van der Waals surface area contributed by atoms with Crippen molar-refractivity contribution in [3.05, 3.63) is 29.6 Å². The van der Waals surface area contributed by atoms with Crippen molar-refractivity contribution in [2.75, 3.05) is 26.5 Å². The zero-order valence-corrected chi connectivity index (χ0v) is 16.7. The van der Waals surface area contributed by atoms with Gasteiger partial charge < -0.3 is 15.4 Å². The van der Waals surface area contributed by atoms with Gasteiger partial charge >= 0.3 is 0 Å². The van der Waals surface area contributed by atoms with Crippen molar-refractivity contribution >= 4 is 41.7 Å². The van der Waals surface area contributed by atoms with Crippen molar-refractivity contribution in [3.8, 4) is 0 Å². The normalized spacial score (nSPS) is 18.2. The van der Waals surface area contributed by atoms with Crippen LogP contribution in [0.3, 0.4) is 0 Å². The number of benzene rings is 1. The molecule has 0 radical (unpaired) electrons. The minimum Gasteiger partial charge on any atom is -0.376 e. The van der Waals surface area contributed by atoms with Crippen LogP contribution in [0, 0.1) is 5.82 Å². The Hall–Kier alpha value is -0.540. The van der Waals surface area contributed by atoms with Gasteiger partial charge in [-0.1, -0.05) is 0 Å². The lowest BCUT2D eigenvalue weighted by molar-refractivity contribution is 0.0194. The molecule has 0 spiro atoms. The Morgan fingerprint density at radius 1 is 1.39 bits per heavy atom. The maximum atomic E-state index is 13.4. The molecule has 7 heteroatoms. The van der Waals surface area contributed by atoms with Crippen molar-refractivity contribution in [1.82, 2.24) is 10.6 Å². The van der Waals surface area contributed by atoms with Crippen molar-refractivity contribution < 1.29 is 9.13 Å². The number of halogens is 2. The predicted molar refractivity (Wildman–Crippen MR) is 105 cm³/mol. The van der Waals surface area contributed by atoms with Gasteiger partial charge in [-0.25, -0.2) is 4.39 Å². The fourth-order valence-electron chi connectivity index (χ4n) is 2.46. The molecule has 130 valence electrons. The molecule has 0 aliphatic carbocycles. The monoisotopic (exact) mass is 453 g/mol. The Kier molecular flexibility index (Phi) is 9.89. The van der Waals surface area contributed by atoms with Crippen molar-refractivity contribution in [3.63, 3.8) is 0 Å². The zero-order valence-electron chi connectivity index (χ0n) is 13.6. The molecule has 1 unspecified atom stereocenters. The molecule has 1 heterocycles. The number of ether oxygens (including phenoxy) is 1. The van der Waals surface area contributed by atoms with Crippen LogP contribution in [0.1, 0.15) is 24.8 Å². The fraction of sp³-hybridized carbons (Fsp3) is 0.562. The highest BCUT2D eigenvalue weighted by atomic mass is 127. The number of nitrogens with zero attached hydrogens (tertiary/aromatic N) is 1. The summed E-state index contributed by atoms with van der Waals surface area (Å²) in [6.45, 7) is 2.14. The first-order valence-electron chi connectivity index (χ1n) is 7.61. The molecular formula is C16H25FIN3OS. The molecule has 1 aromatic rings. The lowest BCUT2D eigenvalue weighted by Gasteiger charge is -2.23. The average Bonchev–Trinajstić information content (AvgIpc) is 2.56. The van der Waals surface area contributed by atoms with Gasteiger partial charge in [-0.3, -0.25) is 4.99 Å². The van der Waals surface area contributed by atoms with Gasteiger partial charge in [0.2, 0.25) is 0 Å². The molecule has 1 atom stereocenters. The average molecular weight is 453 g/mol. The molecule has 1 aromatic carbocycles. The second-order valence-corrected chi connectivity index (χ2v) is 6.10. The molecular weight excluding hydrogens is 428 g/mol. The highest BCUT2D eigenvalue weighted by Crippen LogP contribution is 2.21. The molecule has 4 nitrogen and oxygen atoms in total. The van der Waals surface area contributed by atoms with Crippen LogP contribution in [-0.2, 0) is 11.3 Å². The van der Waals surface area contributed by atoms with Gasteiger partial charge in [0.05, 0.1) is 6.10 Å². The van der Waals surface area contributed by atoms with E-state index >= 15 is 0 Å². The number of hydrogen-bond donors (Lipinski definition) is 2. The first-order valence-corrected chi connectivity index (χ1v) is 8.84. The van der Waals surface area contributed by atoms with E-state index in [0.29, 0.717) is 12.5 Å². The van der Waals surface area contributed by atoms with Crippen LogP contribution in [0.2, 0.25) is 0 Å². The first kappa shape index (κ1) is 20.5. The topological polar surface area (TPSA) is 45.7 Å². The largest absolute Gasteiger partial charge is 0.376 e. The van der Waals surface area contributed by atoms with Crippen molar-refractivity contribution in [2.45, 2.75) is 36.8 Å². The van der Waals surface area contributed by atoms with Gasteiger partial charge in [-0.05, 0) is 49.3 Å². The first-order chi connectivity index (χ1) is 10.7. The Bertz CT molecular complexity index is 510. The Morgan fingerprint density at radius 3 is 2.87 bits per heavy atom. The predicted octanol–water partition coefficient (Wildman–Crippen LogP) is 3.40. The number of thioether (sulfide) groups is 1. The third kappa shape index (κ3) is 6.84. The summed E-state index contributed by atoms with van der Waals surface area (Å²) in [5, 5.41) is 6.51. The number of aliphatic imine (C=N–C) groups is 1. The van der Waals surface area contributed by atoms with E-state index in [2.05, 4.69) is 15.6 Å². The standard InChI is InChI=1S/C16H24FN3OS.HI/c1-18-16(20-11-14-5-3-4-8-21-14)19-10-12-9-13(17)6-7-15(12)22-2;/h6-7,9,14H,3-5,8,10-11H2,1-2H3,(H2,18,19,20);1H. The summed E-state index contributed by atoms with van der Waals surface area (Å²) in [6, 6.07) is 4.86. The zero-order chi connectivity index (χ0) is 15.8. The number of rotatable bonds is 5. The highest BCUT2D eigenvalue weighted by molar-refractivity contribution is 14.0. The molecule has 0 bridgehead atoms. The van der Waals surface area contributed by atoms with E-state index in [0.717, 1.165) is 36.5 Å². The van der Waals surface area contributed by atoms with Crippen LogP contribution in [0.25, 0.3) is 0 Å². The molecule has 0 saturated carbocycles. The Labute approximate surface area is 159 Å². The van der Waals surface area contributed by atoms with Crippen LogP contribution in [0.5, 0.6) is 0 Å². The number of guanidine groups is 1. The summed E-state index contributed by atoms with van der Waals surface area (Å²) in [5.74, 6) is 0.499. The molecule has 1 aliphatic heterocycles. The van der Waals surface area contributed by atoms with Gasteiger partial charge in [0.25, 0.3) is 0 Å². The maximum Gasteiger partial charge on any atom is 0.191 e. The van der Waals surface area contributed by atoms with Gasteiger partial charge in [-0.15, -0.1) is 35.7 Å². The molecule has 1 saturated heterocycles. The van der Waals surface area contributed by atoms with Gasteiger partial charge in [0, 0.05) is 31.6 Å². The maximum absolute atomic E-state index is 13.4. The minimum absolute atomic E-state index is 0. The molecule has 1 aliphatic rings. The lowest BCUT2D eigenvalue weighted by atomic mass is 10.1. The van der Waals surface area contributed by atoms with Crippen LogP contribution in [0.4, 0.5) is 4.39 Å². The SMILES string of the molecule is CN=C(NCc1cc(F)ccc1SC)NCC1CCCCO1.I. The molecule has 0 aromatic heterocycles. The Balaban J connectivity index is 0.00000264. The molecule has 1 fully saturated rings. The molecule has 0 amide bonds. The molecule has 2 rings (SSSR count). The van der Waals surface area contributed by atoms with E-state index in [-0.39, 0.29) is 35.9 Å². The van der Waals surface area contributed by atoms with Crippen LogP contribution in [0.15, 0.2) is 28.1 Å². The van der Waals surface area contributed by atoms with Crippen molar-refractivity contribution in [1.29, 1.82) is 0 Å². The van der Waals surface area contributed by atoms with Gasteiger partial charge in [0.1, 0.15) is 5.82 Å². The fourth-order valence-corrected chi connectivity index (χ4v) is 3.06. The second kappa shape index (κ2) is 11.1. The number of nitrogens with one attached hydrogen (secondary N) is 2. The second-order valence-electron chi connectivity index (χ2n) is 5.25. The van der Waals surface area contributed by atoms with E-state index in [1.54, 1.807) is 24.9 Å². The summed E-state index contributed by atoms with van der Waals surface area (Å²) in [6.07, 6.45) is 5.71. The lowest BCUT2D eigenvalue weighted by Crippen LogP contribution is -2.42. The van der Waals surface area contributed by atoms with Crippen LogP contribution < -0.4 is 10.6 Å². The van der Waals surface area contributed by atoms with Crippen LogP contribution in [-0.4, -0.2) is 38.5 Å². The minimum atomic E-state index is -0.215. The third-order valence-electron chi connectivity index (χ3n) is 3.68. The Morgan fingerprint density at radius 2 is 2.22 bits per heavy atom.